The fraction of sp³-hybridized carbons (Fsp3) is 0.333. The fourth-order valence-electron chi connectivity index (χ4n) is 3.20. The highest BCUT2D eigenvalue weighted by molar-refractivity contribution is 5.63. The molecule has 124 valence electrons. The van der Waals surface area contributed by atoms with Gasteiger partial charge in [0.25, 0.3) is 0 Å². The number of rotatable bonds is 3. The Morgan fingerprint density at radius 2 is 2.08 bits per heavy atom. The molecular formula is C18H20FN5. The van der Waals surface area contributed by atoms with Crippen molar-refractivity contribution in [2.75, 3.05) is 26.2 Å². The molecule has 0 aromatic carbocycles. The summed E-state index contributed by atoms with van der Waals surface area (Å²) in [5, 5.41) is 3.41. The Hall–Kier alpha value is -2.31. The van der Waals surface area contributed by atoms with E-state index in [4.69, 9.17) is 4.98 Å². The molecular weight excluding hydrogens is 305 g/mol. The number of nitrogens with zero attached hydrogens (tertiary/aromatic N) is 4. The number of fused-ring (bicyclic) bond motifs is 1. The fourth-order valence-corrected chi connectivity index (χ4v) is 3.20. The summed E-state index contributed by atoms with van der Waals surface area (Å²) in [6.45, 7) is 4.76. The SMILES string of the molecule is Fc1ccc2nc(-c3ccccn3)c(CN3CCCNCC3)n2c1. The summed E-state index contributed by atoms with van der Waals surface area (Å²) in [5.41, 5.74) is 3.40. The zero-order chi connectivity index (χ0) is 16.4. The van der Waals surface area contributed by atoms with E-state index in [9.17, 15) is 4.39 Å². The molecule has 0 atom stereocenters. The average molecular weight is 325 g/mol. The van der Waals surface area contributed by atoms with Crippen LogP contribution in [-0.4, -0.2) is 45.4 Å². The van der Waals surface area contributed by atoms with E-state index in [1.165, 1.54) is 12.3 Å². The first-order chi connectivity index (χ1) is 11.8. The minimum absolute atomic E-state index is 0.258. The number of hydrogen-bond donors (Lipinski definition) is 1. The molecule has 1 N–H and O–H groups in total. The lowest BCUT2D eigenvalue weighted by Crippen LogP contribution is -2.28. The summed E-state index contributed by atoms with van der Waals surface area (Å²) in [6.07, 6.45) is 4.39. The van der Waals surface area contributed by atoms with Crippen LogP contribution in [0.5, 0.6) is 0 Å². The predicted molar refractivity (Wildman–Crippen MR) is 91.1 cm³/mol. The molecule has 1 aliphatic rings. The van der Waals surface area contributed by atoms with Crippen molar-refractivity contribution in [3.63, 3.8) is 0 Å². The van der Waals surface area contributed by atoms with E-state index in [1.54, 1.807) is 12.3 Å². The van der Waals surface area contributed by atoms with E-state index in [0.29, 0.717) is 0 Å². The maximum absolute atomic E-state index is 13.8. The summed E-state index contributed by atoms with van der Waals surface area (Å²) in [6, 6.07) is 8.96. The van der Waals surface area contributed by atoms with Gasteiger partial charge in [-0.2, -0.15) is 0 Å². The molecule has 0 aliphatic carbocycles. The molecule has 3 aromatic heterocycles. The van der Waals surface area contributed by atoms with E-state index < -0.39 is 0 Å². The van der Waals surface area contributed by atoms with Gasteiger partial charge in [0.1, 0.15) is 17.2 Å². The lowest BCUT2D eigenvalue weighted by molar-refractivity contribution is 0.280. The number of aromatic nitrogens is 3. The minimum atomic E-state index is -0.258. The van der Waals surface area contributed by atoms with Crippen LogP contribution < -0.4 is 5.32 Å². The first-order valence-corrected chi connectivity index (χ1v) is 8.32. The lowest BCUT2D eigenvalue weighted by Gasteiger charge is -2.19. The largest absolute Gasteiger partial charge is 0.315 e. The molecule has 4 heterocycles. The maximum Gasteiger partial charge on any atom is 0.139 e. The van der Waals surface area contributed by atoms with Gasteiger partial charge >= 0.3 is 0 Å². The van der Waals surface area contributed by atoms with Crippen molar-refractivity contribution in [1.82, 2.24) is 24.6 Å². The van der Waals surface area contributed by atoms with Crippen molar-refractivity contribution in [2.45, 2.75) is 13.0 Å². The topological polar surface area (TPSA) is 45.5 Å². The van der Waals surface area contributed by atoms with Crippen LogP contribution in [-0.2, 0) is 6.54 Å². The number of nitrogens with one attached hydrogen (secondary N) is 1. The molecule has 1 saturated heterocycles. The Bertz CT molecular complexity index is 822. The molecule has 1 aliphatic heterocycles. The summed E-state index contributed by atoms with van der Waals surface area (Å²) in [5.74, 6) is -0.258. The van der Waals surface area contributed by atoms with Gasteiger partial charge in [0, 0.05) is 32.0 Å². The summed E-state index contributed by atoms with van der Waals surface area (Å²) < 4.78 is 15.6. The van der Waals surface area contributed by atoms with Crippen LogP contribution in [0.25, 0.3) is 17.0 Å². The Balaban J connectivity index is 1.79. The van der Waals surface area contributed by atoms with Gasteiger partial charge in [0.05, 0.1) is 11.4 Å². The van der Waals surface area contributed by atoms with Gasteiger partial charge in [-0.25, -0.2) is 9.37 Å². The second-order valence-corrected chi connectivity index (χ2v) is 6.08. The molecule has 0 unspecified atom stereocenters. The normalized spacial score (nSPS) is 16.4. The Labute approximate surface area is 140 Å². The monoisotopic (exact) mass is 325 g/mol. The van der Waals surface area contributed by atoms with Crippen LogP contribution in [0.1, 0.15) is 12.1 Å². The van der Waals surface area contributed by atoms with Crippen LogP contribution in [0, 0.1) is 5.82 Å². The third-order valence-corrected chi connectivity index (χ3v) is 4.39. The zero-order valence-corrected chi connectivity index (χ0v) is 13.5. The minimum Gasteiger partial charge on any atom is -0.315 e. The van der Waals surface area contributed by atoms with Gasteiger partial charge in [-0.15, -0.1) is 0 Å². The molecule has 0 spiro atoms. The quantitative estimate of drug-likeness (QED) is 0.803. The molecule has 5 nitrogen and oxygen atoms in total. The van der Waals surface area contributed by atoms with Crippen molar-refractivity contribution in [3.8, 4) is 11.4 Å². The smallest absolute Gasteiger partial charge is 0.139 e. The molecule has 0 radical (unpaired) electrons. The number of halogens is 1. The maximum atomic E-state index is 13.8. The van der Waals surface area contributed by atoms with Gasteiger partial charge in [-0.3, -0.25) is 14.3 Å². The standard InChI is InChI=1S/C18H20FN5/c19-14-5-6-17-22-18(15-4-1-2-8-21-15)16(24(17)12-14)13-23-10-3-7-20-9-11-23/h1-2,4-6,8,12,20H,3,7,9-11,13H2. The lowest BCUT2D eigenvalue weighted by atomic mass is 10.2. The summed E-state index contributed by atoms with van der Waals surface area (Å²) in [7, 11) is 0. The first kappa shape index (κ1) is 15.2. The van der Waals surface area contributed by atoms with Crippen molar-refractivity contribution >= 4 is 5.65 Å². The van der Waals surface area contributed by atoms with Gasteiger partial charge < -0.3 is 5.32 Å². The van der Waals surface area contributed by atoms with E-state index in [0.717, 1.165) is 61.9 Å². The molecule has 4 rings (SSSR count). The number of hydrogen-bond acceptors (Lipinski definition) is 4. The molecule has 24 heavy (non-hydrogen) atoms. The Morgan fingerprint density at radius 3 is 2.96 bits per heavy atom. The van der Waals surface area contributed by atoms with Crippen molar-refractivity contribution < 1.29 is 4.39 Å². The second-order valence-electron chi connectivity index (χ2n) is 6.08. The van der Waals surface area contributed by atoms with E-state index in [2.05, 4.69) is 15.2 Å². The van der Waals surface area contributed by atoms with Crippen molar-refractivity contribution in [3.05, 3.63) is 54.2 Å². The van der Waals surface area contributed by atoms with Gasteiger partial charge in [0.2, 0.25) is 0 Å². The molecule has 1 fully saturated rings. The van der Waals surface area contributed by atoms with Crippen LogP contribution in [0.4, 0.5) is 4.39 Å². The molecule has 3 aromatic rings. The third-order valence-electron chi connectivity index (χ3n) is 4.39. The van der Waals surface area contributed by atoms with E-state index in [-0.39, 0.29) is 5.82 Å². The predicted octanol–water partition coefficient (Wildman–Crippen LogP) is 2.33. The van der Waals surface area contributed by atoms with Gasteiger partial charge in [0.15, 0.2) is 0 Å². The number of imidazole rings is 1. The van der Waals surface area contributed by atoms with Crippen molar-refractivity contribution in [1.29, 1.82) is 0 Å². The van der Waals surface area contributed by atoms with Crippen LogP contribution >= 0.6 is 0 Å². The van der Waals surface area contributed by atoms with E-state index >= 15 is 0 Å². The number of pyridine rings is 2. The highest BCUT2D eigenvalue weighted by atomic mass is 19.1. The first-order valence-electron chi connectivity index (χ1n) is 8.32. The van der Waals surface area contributed by atoms with Crippen LogP contribution in [0.3, 0.4) is 0 Å². The van der Waals surface area contributed by atoms with E-state index in [1.807, 2.05) is 22.6 Å². The Morgan fingerprint density at radius 1 is 1.12 bits per heavy atom. The van der Waals surface area contributed by atoms with Gasteiger partial charge in [-0.1, -0.05) is 6.07 Å². The molecule has 0 bridgehead atoms. The average Bonchev–Trinajstić information content (AvgIpc) is 2.78. The summed E-state index contributed by atoms with van der Waals surface area (Å²) in [4.78, 5) is 11.5. The van der Waals surface area contributed by atoms with Crippen molar-refractivity contribution in [2.24, 2.45) is 0 Å². The molecule has 0 saturated carbocycles. The Kier molecular flexibility index (Phi) is 4.23. The van der Waals surface area contributed by atoms with Gasteiger partial charge in [-0.05, 0) is 43.8 Å². The highest BCUT2D eigenvalue weighted by Crippen LogP contribution is 2.24. The summed E-state index contributed by atoms with van der Waals surface area (Å²) >= 11 is 0. The second kappa shape index (κ2) is 6.67. The third kappa shape index (κ3) is 3.02. The van der Waals surface area contributed by atoms with Crippen LogP contribution in [0.15, 0.2) is 42.7 Å². The van der Waals surface area contributed by atoms with Crippen LogP contribution in [0.2, 0.25) is 0 Å². The zero-order valence-electron chi connectivity index (χ0n) is 13.5. The molecule has 0 amide bonds. The molecule has 6 heteroatoms. The highest BCUT2D eigenvalue weighted by Gasteiger charge is 2.19.